The summed E-state index contributed by atoms with van der Waals surface area (Å²) in [5.74, 6) is 2.05. The van der Waals surface area contributed by atoms with E-state index in [-0.39, 0.29) is 6.42 Å². The molecule has 180 valence electrons. The van der Waals surface area contributed by atoms with Crippen molar-refractivity contribution >= 4 is 28.8 Å². The number of hydrogen-bond donors (Lipinski definition) is 2. The van der Waals surface area contributed by atoms with Gasteiger partial charge < -0.3 is 19.9 Å². The van der Waals surface area contributed by atoms with Crippen molar-refractivity contribution in [2.45, 2.75) is 33.1 Å². The number of aromatic nitrogens is 2. The van der Waals surface area contributed by atoms with Crippen LogP contribution in [0.25, 0.3) is 10.7 Å². The van der Waals surface area contributed by atoms with Crippen LogP contribution in [0.2, 0.25) is 0 Å². The second-order valence-corrected chi connectivity index (χ2v) is 8.86. The maximum atomic E-state index is 11.0. The monoisotopic (exact) mass is 489 g/mol. The number of ether oxygens (including phenoxy) is 2. The van der Waals surface area contributed by atoms with Gasteiger partial charge in [-0.1, -0.05) is 37.3 Å². The molecule has 7 nitrogen and oxygen atoms in total. The zero-order valence-electron chi connectivity index (χ0n) is 19.9. The summed E-state index contributed by atoms with van der Waals surface area (Å²) < 4.78 is 11.2. The molecule has 0 saturated carbocycles. The molecular formula is C27H27N3O4S. The highest BCUT2D eigenvalue weighted by Gasteiger charge is 2.16. The Balaban J connectivity index is 1.60. The first-order valence-corrected chi connectivity index (χ1v) is 12.2. The Kier molecular flexibility index (Phi) is 7.62. The zero-order chi connectivity index (χ0) is 24.8. The topological polar surface area (TPSA) is 93.6 Å². The number of carbonyl (C=O) groups is 1. The molecule has 0 spiro atoms. The Morgan fingerprint density at radius 1 is 0.943 bits per heavy atom. The summed E-state index contributed by atoms with van der Waals surface area (Å²) in [4.78, 5) is 21.6. The van der Waals surface area contributed by atoms with E-state index in [1.807, 2.05) is 60.7 Å². The van der Waals surface area contributed by atoms with Crippen molar-refractivity contribution in [3.8, 4) is 27.3 Å². The minimum absolute atomic E-state index is 0.00254. The fourth-order valence-electron chi connectivity index (χ4n) is 3.68. The number of thiophene rings is 1. The van der Waals surface area contributed by atoms with E-state index in [2.05, 4.69) is 19.2 Å². The number of benzene rings is 2. The second-order valence-electron chi connectivity index (χ2n) is 7.82. The largest absolute Gasteiger partial charge is 0.497 e. The fraction of sp³-hybridized carbons (Fsp3) is 0.222. The van der Waals surface area contributed by atoms with E-state index in [9.17, 15) is 4.79 Å². The highest BCUT2D eigenvalue weighted by Crippen LogP contribution is 2.36. The number of carboxylic acids is 1. The Labute approximate surface area is 208 Å². The van der Waals surface area contributed by atoms with Crippen LogP contribution in [0.15, 0.2) is 60.7 Å². The van der Waals surface area contributed by atoms with Gasteiger partial charge in [-0.2, -0.15) is 0 Å². The summed E-state index contributed by atoms with van der Waals surface area (Å²) >= 11 is 1.48. The van der Waals surface area contributed by atoms with Gasteiger partial charge in [0.25, 0.3) is 0 Å². The predicted octanol–water partition coefficient (Wildman–Crippen LogP) is 6.50. The summed E-state index contributed by atoms with van der Waals surface area (Å²) in [6, 6.07) is 18.7. The fourth-order valence-corrected chi connectivity index (χ4v) is 4.49. The molecule has 35 heavy (non-hydrogen) atoms. The molecule has 2 aromatic heterocycles. The predicted molar refractivity (Wildman–Crippen MR) is 138 cm³/mol. The Bertz CT molecular complexity index is 1300. The number of nitrogens with one attached hydrogen (secondary N) is 1. The number of aliphatic carboxylic acids is 1. The molecule has 0 amide bonds. The van der Waals surface area contributed by atoms with Crippen LogP contribution in [-0.2, 0) is 24.1 Å². The van der Waals surface area contributed by atoms with Crippen molar-refractivity contribution in [2.24, 2.45) is 0 Å². The van der Waals surface area contributed by atoms with E-state index in [0.29, 0.717) is 5.82 Å². The van der Waals surface area contributed by atoms with Crippen LogP contribution in [0, 0.1) is 0 Å². The number of aryl methyl sites for hydroxylation is 1. The van der Waals surface area contributed by atoms with Gasteiger partial charge in [0.05, 0.1) is 18.4 Å². The third-order valence-electron chi connectivity index (χ3n) is 5.43. The van der Waals surface area contributed by atoms with Crippen molar-refractivity contribution in [1.82, 2.24) is 9.97 Å². The molecule has 0 radical (unpaired) electrons. The van der Waals surface area contributed by atoms with Crippen molar-refractivity contribution in [1.29, 1.82) is 0 Å². The van der Waals surface area contributed by atoms with E-state index in [0.717, 1.165) is 62.6 Å². The Morgan fingerprint density at radius 2 is 1.66 bits per heavy atom. The first kappa shape index (κ1) is 24.2. The van der Waals surface area contributed by atoms with Crippen molar-refractivity contribution in [3.63, 3.8) is 0 Å². The van der Waals surface area contributed by atoms with E-state index >= 15 is 0 Å². The number of rotatable bonds is 10. The molecule has 2 aromatic carbocycles. The third kappa shape index (κ3) is 5.96. The molecule has 4 aromatic rings. The standard InChI is InChI=1S/C27H27N3O4S/c1-4-21-22(5-2)29-27(30-26(21)28-18-8-6-17(7-9-18)16-24(31)32)23-14-15-25(35-23)34-20-12-10-19(33-3)11-13-20/h6-15H,4-5,16H2,1-3H3,(H,31,32)(H,28,29,30). The third-order valence-corrected chi connectivity index (χ3v) is 6.39. The van der Waals surface area contributed by atoms with Crippen LogP contribution in [0.3, 0.4) is 0 Å². The van der Waals surface area contributed by atoms with Gasteiger partial charge in [0.15, 0.2) is 10.9 Å². The highest BCUT2D eigenvalue weighted by atomic mass is 32.1. The van der Waals surface area contributed by atoms with E-state index in [4.69, 9.17) is 24.5 Å². The quantitative estimate of drug-likeness (QED) is 0.262. The molecule has 0 aliphatic carbocycles. The van der Waals surface area contributed by atoms with Crippen molar-refractivity contribution < 1.29 is 19.4 Å². The normalized spacial score (nSPS) is 10.7. The SMILES string of the molecule is CCc1nc(-c2ccc(Oc3ccc(OC)cc3)s2)nc(Nc2ccc(CC(=O)O)cc2)c1CC. The first-order chi connectivity index (χ1) is 17.0. The van der Waals surface area contributed by atoms with Crippen LogP contribution >= 0.6 is 11.3 Å². The molecule has 2 N–H and O–H groups in total. The van der Waals surface area contributed by atoms with Gasteiger partial charge in [-0.25, -0.2) is 9.97 Å². The molecule has 4 rings (SSSR count). The summed E-state index contributed by atoms with van der Waals surface area (Å²) in [5.41, 5.74) is 3.65. The molecule has 8 heteroatoms. The Morgan fingerprint density at radius 3 is 2.29 bits per heavy atom. The van der Waals surface area contributed by atoms with E-state index < -0.39 is 5.97 Å². The second kappa shape index (κ2) is 11.0. The van der Waals surface area contributed by atoms with Crippen LogP contribution in [0.1, 0.15) is 30.7 Å². The number of hydrogen-bond acceptors (Lipinski definition) is 7. The molecular weight excluding hydrogens is 462 g/mol. The minimum Gasteiger partial charge on any atom is -0.497 e. The van der Waals surface area contributed by atoms with E-state index in [1.165, 1.54) is 11.3 Å². The van der Waals surface area contributed by atoms with Gasteiger partial charge in [0, 0.05) is 16.9 Å². The molecule has 2 heterocycles. The van der Waals surface area contributed by atoms with Crippen LogP contribution in [0.4, 0.5) is 11.5 Å². The van der Waals surface area contributed by atoms with E-state index in [1.54, 1.807) is 7.11 Å². The number of methoxy groups -OCH3 is 1. The maximum Gasteiger partial charge on any atom is 0.307 e. The average Bonchev–Trinajstić information content (AvgIpc) is 3.33. The zero-order valence-corrected chi connectivity index (χ0v) is 20.7. The van der Waals surface area contributed by atoms with Crippen molar-refractivity contribution in [2.75, 3.05) is 12.4 Å². The summed E-state index contributed by atoms with van der Waals surface area (Å²) in [6.45, 7) is 4.17. The van der Waals surface area contributed by atoms with Gasteiger partial charge in [-0.15, -0.1) is 0 Å². The lowest BCUT2D eigenvalue weighted by molar-refractivity contribution is -0.136. The van der Waals surface area contributed by atoms with Gasteiger partial charge in [0.1, 0.15) is 17.3 Å². The highest BCUT2D eigenvalue weighted by molar-refractivity contribution is 7.17. The first-order valence-electron chi connectivity index (χ1n) is 11.4. The van der Waals surface area contributed by atoms with Gasteiger partial charge >= 0.3 is 5.97 Å². The van der Waals surface area contributed by atoms with Gasteiger partial charge in [0.2, 0.25) is 0 Å². The summed E-state index contributed by atoms with van der Waals surface area (Å²) in [6.07, 6.45) is 1.57. The smallest absolute Gasteiger partial charge is 0.307 e. The summed E-state index contributed by atoms with van der Waals surface area (Å²) in [5, 5.41) is 13.2. The molecule has 0 bridgehead atoms. The number of nitrogens with zero attached hydrogens (tertiary/aromatic N) is 2. The van der Waals surface area contributed by atoms with Gasteiger partial charge in [-0.05, 0) is 66.9 Å². The minimum atomic E-state index is -0.849. The average molecular weight is 490 g/mol. The molecule has 0 fully saturated rings. The summed E-state index contributed by atoms with van der Waals surface area (Å²) in [7, 11) is 1.63. The van der Waals surface area contributed by atoms with Crippen LogP contribution in [-0.4, -0.2) is 28.2 Å². The molecule has 0 unspecified atom stereocenters. The van der Waals surface area contributed by atoms with Gasteiger partial charge in [-0.3, -0.25) is 4.79 Å². The molecule has 0 saturated heterocycles. The lowest BCUT2D eigenvalue weighted by atomic mass is 10.1. The molecule has 0 aliphatic rings. The number of anilines is 2. The maximum absolute atomic E-state index is 11.0. The van der Waals surface area contributed by atoms with Crippen LogP contribution in [0.5, 0.6) is 16.6 Å². The Hall–Kier alpha value is -3.91. The van der Waals surface area contributed by atoms with Crippen molar-refractivity contribution in [3.05, 3.63) is 77.5 Å². The van der Waals surface area contributed by atoms with Crippen LogP contribution < -0.4 is 14.8 Å². The lowest BCUT2D eigenvalue weighted by Crippen LogP contribution is -2.07. The number of carboxylic acid groups (broad SMARTS) is 1. The molecule has 0 atom stereocenters. The molecule has 0 aliphatic heterocycles. The lowest BCUT2D eigenvalue weighted by Gasteiger charge is -2.15.